The fraction of sp³-hybridized carbons (Fsp3) is 0.708. The van der Waals surface area contributed by atoms with E-state index in [-0.39, 0.29) is 0 Å². The highest BCUT2D eigenvalue weighted by Crippen LogP contribution is 2.21. The molecule has 0 aliphatic carbocycles. The van der Waals surface area contributed by atoms with Crippen LogP contribution in [0.25, 0.3) is 0 Å². The maximum absolute atomic E-state index is 11.4. The lowest BCUT2D eigenvalue weighted by Crippen LogP contribution is -2.36. The molecule has 0 aliphatic rings. The third kappa shape index (κ3) is 23.1. The summed E-state index contributed by atoms with van der Waals surface area (Å²) in [6.07, 6.45) is 40.3. The lowest BCUT2D eigenvalue weighted by molar-refractivity contribution is 0.111. The van der Waals surface area contributed by atoms with Crippen LogP contribution in [-0.2, 0) is 0 Å². The van der Waals surface area contributed by atoms with Crippen molar-refractivity contribution in [3.8, 4) is 0 Å². The van der Waals surface area contributed by atoms with E-state index in [0.717, 1.165) is 49.9 Å². The molecule has 0 atom stereocenters. The summed E-state index contributed by atoms with van der Waals surface area (Å²) in [6, 6.07) is 16.3. The van der Waals surface area contributed by atoms with E-state index in [1.807, 2.05) is 24.3 Å². The van der Waals surface area contributed by atoms with Crippen molar-refractivity contribution < 1.29 is 9.59 Å². The number of unbranched alkanes of at least 4 members (excludes halogenated alkanes) is 26. The number of anilines is 2. The van der Waals surface area contributed by atoms with Gasteiger partial charge in [0, 0.05) is 48.7 Å². The Morgan fingerprint density at radius 2 is 0.558 bits per heavy atom. The fourth-order valence-corrected chi connectivity index (χ4v) is 7.50. The van der Waals surface area contributed by atoms with Crippen LogP contribution in [0.3, 0.4) is 0 Å². The molecule has 0 fully saturated rings. The third-order valence-electron chi connectivity index (χ3n) is 11.0. The van der Waals surface area contributed by atoms with Crippen molar-refractivity contribution in [3.05, 3.63) is 59.7 Å². The summed E-state index contributed by atoms with van der Waals surface area (Å²) < 4.78 is 0. The summed E-state index contributed by atoms with van der Waals surface area (Å²) in [4.78, 5) is 27.8. The molecule has 2 aromatic carbocycles. The molecule has 0 spiro atoms. The van der Waals surface area contributed by atoms with Gasteiger partial charge < -0.3 is 9.80 Å². The number of hydrogen-bond donors (Lipinski definition) is 0. The molecule has 0 heterocycles. The van der Waals surface area contributed by atoms with Gasteiger partial charge in [-0.3, -0.25) is 9.59 Å². The normalized spacial score (nSPS) is 11.2. The molecule has 2 rings (SSSR count). The maximum atomic E-state index is 11.4. The lowest BCUT2D eigenvalue weighted by atomic mass is 10.0. The molecule has 52 heavy (non-hydrogen) atoms. The third-order valence-corrected chi connectivity index (χ3v) is 11.0. The Labute approximate surface area is 321 Å². The van der Waals surface area contributed by atoms with Crippen molar-refractivity contribution in [2.24, 2.45) is 0 Å². The van der Waals surface area contributed by atoms with Gasteiger partial charge in [0.1, 0.15) is 12.6 Å². The van der Waals surface area contributed by atoms with Crippen molar-refractivity contribution in [2.75, 3.05) is 36.0 Å². The highest BCUT2D eigenvalue weighted by Gasteiger charge is 2.12. The zero-order valence-electron chi connectivity index (χ0n) is 34.1. The molecule has 0 N–H and O–H groups in total. The van der Waals surface area contributed by atoms with Gasteiger partial charge in [-0.2, -0.15) is 0 Å². The number of hydrogen-bond acceptors (Lipinski definition) is 4. The Kier molecular flexibility index (Phi) is 28.9. The Hall–Kier alpha value is -2.62. The van der Waals surface area contributed by atoms with Crippen LogP contribution < -0.4 is 9.80 Å². The number of rotatable bonds is 37. The standard InChI is InChI=1S/C48H80N2O2/c1-3-5-7-9-11-13-15-17-19-21-23-25-27-29-39-49(47-35-31-45(43-51)32-36-47)41-42-50(48-37-33-46(44-52)34-38-48)40-30-28-26-24-22-20-18-16-14-12-10-8-6-4-2/h31-38,43-44H,3-30,39-42H2,1-2H3. The minimum absolute atomic E-state index is 0.731. The van der Waals surface area contributed by atoms with E-state index < -0.39 is 0 Å². The number of aldehydes is 2. The van der Waals surface area contributed by atoms with E-state index in [0.29, 0.717) is 0 Å². The van der Waals surface area contributed by atoms with Crippen molar-refractivity contribution >= 4 is 23.9 Å². The van der Waals surface area contributed by atoms with Crippen LogP contribution in [0, 0.1) is 0 Å². The van der Waals surface area contributed by atoms with Gasteiger partial charge in [-0.05, 0) is 61.4 Å². The average molecular weight is 717 g/mol. The molecular formula is C48H80N2O2. The molecule has 2 aromatic rings. The molecule has 0 amide bonds. The topological polar surface area (TPSA) is 40.6 Å². The van der Waals surface area contributed by atoms with E-state index in [9.17, 15) is 9.59 Å². The van der Waals surface area contributed by atoms with E-state index >= 15 is 0 Å². The van der Waals surface area contributed by atoms with Crippen LogP contribution in [0.1, 0.15) is 214 Å². The first-order chi connectivity index (χ1) is 25.7. The molecule has 0 unspecified atom stereocenters. The minimum atomic E-state index is 0.731. The van der Waals surface area contributed by atoms with Gasteiger partial charge in [0.05, 0.1) is 0 Å². The minimum Gasteiger partial charge on any atom is -0.370 e. The van der Waals surface area contributed by atoms with Gasteiger partial charge in [-0.15, -0.1) is 0 Å². The van der Waals surface area contributed by atoms with Gasteiger partial charge >= 0.3 is 0 Å². The molecule has 4 nitrogen and oxygen atoms in total. The van der Waals surface area contributed by atoms with Gasteiger partial charge in [0.2, 0.25) is 0 Å². The zero-order chi connectivity index (χ0) is 37.2. The van der Waals surface area contributed by atoms with Gasteiger partial charge in [-0.1, -0.05) is 181 Å². The molecule has 4 heteroatoms. The molecular weight excluding hydrogens is 637 g/mol. The molecule has 0 bridgehead atoms. The summed E-state index contributed by atoms with van der Waals surface area (Å²) in [5.74, 6) is 0. The average Bonchev–Trinajstić information content (AvgIpc) is 3.18. The molecule has 0 aromatic heterocycles. The Morgan fingerprint density at radius 3 is 0.788 bits per heavy atom. The van der Waals surface area contributed by atoms with E-state index in [2.05, 4.69) is 47.9 Å². The molecule has 0 aliphatic heterocycles. The Bertz CT molecular complexity index is 995. The van der Waals surface area contributed by atoms with Gasteiger partial charge in [0.15, 0.2) is 0 Å². The van der Waals surface area contributed by atoms with Crippen molar-refractivity contribution in [2.45, 2.75) is 194 Å². The number of nitrogens with zero attached hydrogens (tertiary/aromatic N) is 2. The second kappa shape index (κ2) is 33.0. The molecule has 0 radical (unpaired) electrons. The fourth-order valence-electron chi connectivity index (χ4n) is 7.50. The number of benzene rings is 2. The second-order valence-corrected chi connectivity index (χ2v) is 15.6. The monoisotopic (exact) mass is 717 g/mol. The lowest BCUT2D eigenvalue weighted by Gasteiger charge is -2.31. The first-order valence-electron chi connectivity index (χ1n) is 22.3. The largest absolute Gasteiger partial charge is 0.370 e. The number of carbonyl (C=O) groups excluding carboxylic acids is 2. The van der Waals surface area contributed by atoms with Gasteiger partial charge in [0.25, 0.3) is 0 Å². The smallest absolute Gasteiger partial charge is 0.150 e. The first kappa shape index (κ1) is 45.5. The summed E-state index contributed by atoms with van der Waals surface area (Å²) in [5.41, 5.74) is 3.87. The Balaban J connectivity index is 1.77. The summed E-state index contributed by atoms with van der Waals surface area (Å²) >= 11 is 0. The Morgan fingerprint density at radius 1 is 0.327 bits per heavy atom. The molecule has 0 saturated heterocycles. The molecule has 294 valence electrons. The maximum Gasteiger partial charge on any atom is 0.150 e. The predicted molar refractivity (Wildman–Crippen MR) is 229 cm³/mol. The van der Waals surface area contributed by atoms with E-state index in [4.69, 9.17) is 0 Å². The highest BCUT2D eigenvalue weighted by molar-refractivity contribution is 5.76. The molecule has 0 saturated carbocycles. The van der Waals surface area contributed by atoms with Crippen LogP contribution in [0.15, 0.2) is 48.5 Å². The summed E-state index contributed by atoms with van der Waals surface area (Å²) in [6.45, 7) is 8.53. The summed E-state index contributed by atoms with van der Waals surface area (Å²) in [7, 11) is 0. The van der Waals surface area contributed by atoms with Gasteiger partial charge in [-0.25, -0.2) is 0 Å². The van der Waals surface area contributed by atoms with Crippen LogP contribution in [0.4, 0.5) is 11.4 Å². The van der Waals surface area contributed by atoms with E-state index in [1.54, 1.807) is 0 Å². The quantitative estimate of drug-likeness (QED) is 0.0515. The second-order valence-electron chi connectivity index (χ2n) is 15.6. The first-order valence-corrected chi connectivity index (χ1v) is 22.3. The van der Waals surface area contributed by atoms with E-state index in [1.165, 1.54) is 191 Å². The zero-order valence-corrected chi connectivity index (χ0v) is 34.1. The van der Waals surface area contributed by atoms with Crippen molar-refractivity contribution in [1.29, 1.82) is 0 Å². The van der Waals surface area contributed by atoms with Crippen LogP contribution >= 0.6 is 0 Å². The SMILES string of the molecule is CCCCCCCCCCCCCCCCN(CCN(CCCCCCCCCCCCCCCC)c1ccc(C=O)cc1)c1ccc(C=O)cc1. The summed E-state index contributed by atoms with van der Waals surface area (Å²) in [5, 5.41) is 0. The van der Waals surface area contributed by atoms with Crippen molar-refractivity contribution in [3.63, 3.8) is 0 Å². The number of carbonyl (C=O) groups is 2. The highest BCUT2D eigenvalue weighted by atomic mass is 16.1. The van der Waals surface area contributed by atoms with Crippen LogP contribution in [0.2, 0.25) is 0 Å². The van der Waals surface area contributed by atoms with Crippen molar-refractivity contribution in [1.82, 2.24) is 0 Å². The van der Waals surface area contributed by atoms with Crippen LogP contribution in [-0.4, -0.2) is 38.8 Å². The predicted octanol–water partition coefficient (Wildman–Crippen LogP) is 14.6. The van der Waals surface area contributed by atoms with Crippen LogP contribution in [0.5, 0.6) is 0 Å².